The molecular formula is C34H63N7O18P2. The first-order valence-electron chi connectivity index (χ1n) is 19.6. The first-order chi connectivity index (χ1) is 28.7. The number of rotatable bonds is 32. The van der Waals surface area contributed by atoms with Gasteiger partial charge in [0.2, 0.25) is 17.7 Å². The number of carbonyl (C=O) groups is 3. The lowest BCUT2D eigenvalue weighted by Gasteiger charge is -2.24. The summed E-state index contributed by atoms with van der Waals surface area (Å²) in [7, 11) is -6.58. The highest BCUT2D eigenvalue weighted by Crippen LogP contribution is 2.45. The highest BCUT2D eigenvalue weighted by atomic mass is 31.2. The van der Waals surface area contributed by atoms with Crippen molar-refractivity contribution in [2.24, 2.45) is 5.92 Å². The Balaban J connectivity index is 1.53. The number of amides is 3. The van der Waals surface area contributed by atoms with Crippen molar-refractivity contribution in [3.63, 3.8) is 0 Å². The van der Waals surface area contributed by atoms with Gasteiger partial charge in [-0.05, 0) is 39.3 Å². The molecule has 1 aliphatic heterocycles. The van der Waals surface area contributed by atoms with Crippen LogP contribution in [0.5, 0.6) is 0 Å². The molecule has 0 spiro atoms. The molecule has 1 aromatic heterocycles. The van der Waals surface area contributed by atoms with Gasteiger partial charge in [0.15, 0.2) is 6.23 Å². The average Bonchev–Trinajstić information content (AvgIpc) is 3.45. The van der Waals surface area contributed by atoms with Crippen molar-refractivity contribution in [2.75, 3.05) is 98.9 Å². The average molecular weight is 920 g/mol. The zero-order chi connectivity index (χ0) is 45.6. The second-order valence-electron chi connectivity index (χ2n) is 14.4. The molecule has 3 amide bonds. The molecule has 2 heterocycles. The molecule has 61 heavy (non-hydrogen) atoms. The molecule has 0 aromatic carbocycles. The summed E-state index contributed by atoms with van der Waals surface area (Å²) in [4.78, 5) is 91.4. The van der Waals surface area contributed by atoms with Gasteiger partial charge in [0.05, 0.1) is 65.5 Å². The normalized spacial score (nSPS) is 18.7. The van der Waals surface area contributed by atoms with Crippen LogP contribution in [0.3, 0.4) is 0 Å². The lowest BCUT2D eigenvalue weighted by molar-refractivity contribution is -0.126. The number of nitrogens with two attached hydrogens (primary N) is 1. The van der Waals surface area contributed by atoms with Crippen LogP contribution < -0.4 is 27.4 Å². The molecule has 3 unspecified atom stereocenters. The Labute approximate surface area is 353 Å². The van der Waals surface area contributed by atoms with E-state index in [2.05, 4.69) is 43.8 Å². The predicted molar refractivity (Wildman–Crippen MR) is 215 cm³/mol. The number of aliphatic hydroxyl groups is 1. The highest BCUT2D eigenvalue weighted by molar-refractivity contribution is 7.46. The van der Waals surface area contributed by atoms with Crippen LogP contribution in [0.1, 0.15) is 51.3 Å². The van der Waals surface area contributed by atoms with Gasteiger partial charge in [0.25, 0.3) is 0 Å². The fourth-order valence-electron chi connectivity index (χ4n) is 5.73. The third kappa shape index (κ3) is 22.8. The summed E-state index contributed by atoms with van der Waals surface area (Å²) in [5.41, 5.74) is 5.20. The first kappa shape index (κ1) is 54.2. The molecule has 352 valence electrons. The number of likely N-dealkylation sites (N-methyl/N-ethyl adjacent to an activating group) is 1. The maximum Gasteiger partial charge on any atom is 0.470 e. The largest absolute Gasteiger partial charge is 0.470 e. The van der Waals surface area contributed by atoms with Crippen LogP contribution >= 0.6 is 15.6 Å². The Morgan fingerprint density at radius 1 is 0.869 bits per heavy atom. The van der Waals surface area contributed by atoms with Gasteiger partial charge in [-0.1, -0.05) is 13.8 Å². The molecule has 5 atom stereocenters. The van der Waals surface area contributed by atoms with Gasteiger partial charge in [-0.3, -0.25) is 32.9 Å². The van der Waals surface area contributed by atoms with E-state index < -0.39 is 52.5 Å². The SMILES string of the molecule is CC(C)CC(C(=O)NCCC(=O)NCCOCCOCCOCCOCCC(=O)NCCCc1cn([C@@H]2O[C@H](COP(=O)(O)O)C(OP(=O)(O)O)C2O)c(=O)nc1N)N(C)C. The van der Waals surface area contributed by atoms with E-state index in [1.54, 1.807) is 0 Å². The third-order valence-corrected chi connectivity index (χ3v) is 9.69. The Bertz CT molecular complexity index is 1640. The summed E-state index contributed by atoms with van der Waals surface area (Å²) in [5.74, 6) is -0.328. The first-order valence-corrected chi connectivity index (χ1v) is 22.7. The quantitative estimate of drug-likeness (QED) is 0.0273. The lowest BCUT2D eigenvalue weighted by atomic mass is 10.0. The molecule has 10 N–H and O–H groups in total. The summed E-state index contributed by atoms with van der Waals surface area (Å²) < 4.78 is 59.6. The van der Waals surface area contributed by atoms with Gasteiger partial charge >= 0.3 is 21.3 Å². The number of aliphatic hydroxyl groups excluding tert-OH is 1. The minimum absolute atomic E-state index is 0.0806. The molecule has 0 radical (unpaired) electrons. The second kappa shape index (κ2) is 28.0. The van der Waals surface area contributed by atoms with Crippen LogP contribution in [-0.4, -0.2) is 174 Å². The molecule has 1 aromatic rings. The highest BCUT2D eigenvalue weighted by Gasteiger charge is 2.49. The number of carbonyl (C=O) groups excluding carboxylic acids is 3. The molecule has 2 rings (SSSR count). The smallest absolute Gasteiger partial charge is 0.386 e. The molecule has 1 saturated heterocycles. The maximum atomic E-state index is 12.6. The number of phosphoric acid groups is 2. The summed E-state index contributed by atoms with van der Waals surface area (Å²) in [6.07, 6.45) is -4.31. The Hall–Kier alpha value is -2.97. The predicted octanol–water partition coefficient (Wildman–Crippen LogP) is -2.22. The van der Waals surface area contributed by atoms with E-state index >= 15 is 0 Å². The second-order valence-corrected chi connectivity index (χ2v) is 16.8. The number of ether oxygens (including phenoxy) is 5. The number of phosphoric ester groups is 2. The summed E-state index contributed by atoms with van der Waals surface area (Å²) in [6, 6.07) is -0.237. The van der Waals surface area contributed by atoms with E-state index in [1.165, 1.54) is 6.20 Å². The number of aromatic nitrogens is 2. The number of nitrogens with one attached hydrogen (secondary N) is 3. The molecular weight excluding hydrogens is 856 g/mol. The topological polar surface area (TPSA) is 351 Å². The number of nitrogen functional groups attached to an aromatic ring is 1. The van der Waals surface area contributed by atoms with Crippen LogP contribution in [0.25, 0.3) is 0 Å². The van der Waals surface area contributed by atoms with Crippen LogP contribution in [0, 0.1) is 5.92 Å². The van der Waals surface area contributed by atoms with E-state index in [9.17, 15) is 43.2 Å². The molecule has 0 bridgehead atoms. The van der Waals surface area contributed by atoms with Crippen molar-refractivity contribution < 1.29 is 80.9 Å². The summed E-state index contributed by atoms with van der Waals surface area (Å²) in [6.45, 7) is 6.34. The number of aryl methyl sites for hydroxylation is 1. The van der Waals surface area contributed by atoms with Gasteiger partial charge < -0.3 is 70.0 Å². The molecule has 27 heteroatoms. The van der Waals surface area contributed by atoms with Crippen molar-refractivity contribution in [1.82, 2.24) is 30.4 Å². The van der Waals surface area contributed by atoms with Gasteiger partial charge in [-0.2, -0.15) is 4.98 Å². The zero-order valence-electron chi connectivity index (χ0n) is 34.9. The van der Waals surface area contributed by atoms with Gasteiger partial charge in [0, 0.05) is 44.2 Å². The van der Waals surface area contributed by atoms with Crippen molar-refractivity contribution in [1.29, 1.82) is 0 Å². The molecule has 0 aliphatic carbocycles. The van der Waals surface area contributed by atoms with E-state index in [-0.39, 0.29) is 75.1 Å². The third-order valence-electron chi connectivity index (χ3n) is 8.69. The van der Waals surface area contributed by atoms with Crippen LogP contribution in [0.4, 0.5) is 5.82 Å². The van der Waals surface area contributed by atoms with Crippen LogP contribution in [-0.2, 0) is 62.7 Å². The number of hydrogen-bond acceptors (Lipinski definition) is 17. The fourth-order valence-corrected chi connectivity index (χ4v) is 6.65. The van der Waals surface area contributed by atoms with Gasteiger partial charge in [-0.15, -0.1) is 0 Å². The summed E-state index contributed by atoms with van der Waals surface area (Å²) in [5, 5.41) is 19.0. The zero-order valence-corrected chi connectivity index (χ0v) is 36.7. The van der Waals surface area contributed by atoms with Crippen molar-refractivity contribution in [3.05, 3.63) is 22.2 Å². The van der Waals surface area contributed by atoms with Crippen LogP contribution in [0.15, 0.2) is 11.0 Å². The Morgan fingerprint density at radius 3 is 2.02 bits per heavy atom. The fraction of sp³-hybridized carbons (Fsp3) is 0.794. The van der Waals surface area contributed by atoms with Crippen molar-refractivity contribution in [2.45, 2.75) is 76.5 Å². The van der Waals surface area contributed by atoms with E-state index in [1.807, 2.05) is 19.0 Å². The Kier molecular flexibility index (Phi) is 24.8. The minimum Gasteiger partial charge on any atom is -0.386 e. The van der Waals surface area contributed by atoms with E-state index in [0.717, 1.165) is 11.0 Å². The molecule has 25 nitrogen and oxygen atoms in total. The van der Waals surface area contributed by atoms with Crippen molar-refractivity contribution in [3.8, 4) is 0 Å². The standard InChI is InChI=1S/C34H63N7O18P2/c1-23(2)20-25(40(3)4)32(45)38-10-7-27(42)37-11-13-54-15-17-56-19-18-55-16-14-53-12-8-28(43)36-9-5-6-24-21-41(34(46)39-31(24)35)33-29(44)30(59-61(50,51)52)26(58-33)22-57-60(47,48)49/h21,23,25-26,29-30,33,44H,5-20,22H2,1-4H3,(H,36,43)(H,37,42)(H,38,45)(H2,35,39,46)(H2,47,48,49)(H2,50,51,52)/t25?,26-,29?,30?,33-/m1/s1. The number of anilines is 1. The minimum atomic E-state index is -5.24. The van der Waals surface area contributed by atoms with Crippen molar-refractivity contribution >= 4 is 39.2 Å². The van der Waals surface area contributed by atoms with E-state index in [4.69, 9.17) is 39.2 Å². The number of nitrogens with zero attached hydrogens (tertiary/aromatic N) is 3. The van der Waals surface area contributed by atoms with E-state index in [0.29, 0.717) is 64.1 Å². The molecule has 1 fully saturated rings. The Morgan fingerprint density at radius 2 is 1.44 bits per heavy atom. The molecule has 1 aliphatic rings. The van der Waals surface area contributed by atoms with Gasteiger partial charge in [0.1, 0.15) is 24.1 Å². The maximum absolute atomic E-state index is 12.6. The summed E-state index contributed by atoms with van der Waals surface area (Å²) >= 11 is 0. The monoisotopic (exact) mass is 919 g/mol. The lowest BCUT2D eigenvalue weighted by Crippen LogP contribution is -2.45. The van der Waals surface area contributed by atoms with Crippen LogP contribution in [0.2, 0.25) is 0 Å². The molecule has 0 saturated carbocycles. The van der Waals surface area contributed by atoms with Gasteiger partial charge in [-0.25, -0.2) is 13.9 Å². The number of hydrogen-bond donors (Lipinski definition) is 9.